The Balaban J connectivity index is 2.22. The van der Waals surface area contributed by atoms with E-state index in [0.717, 1.165) is 4.31 Å². The van der Waals surface area contributed by atoms with E-state index in [1.54, 1.807) is 0 Å². The topological polar surface area (TPSA) is 138 Å². The summed E-state index contributed by atoms with van der Waals surface area (Å²) in [5, 5.41) is 29.4. The fraction of sp³-hybridized carbons (Fsp3) is 0.462. The second-order valence-corrected chi connectivity index (χ2v) is 7.26. The molecule has 0 spiro atoms. The lowest BCUT2D eigenvalue weighted by Crippen LogP contribution is -2.52. The quantitative estimate of drug-likeness (QED) is 0.580. The second kappa shape index (κ2) is 6.60. The molecule has 0 aromatic heterocycles. The van der Waals surface area contributed by atoms with Crippen LogP contribution in [-0.2, 0) is 20.6 Å². The number of sulfonamides is 1. The smallest absolute Gasteiger partial charge is 0.322 e. The highest BCUT2D eigenvalue weighted by atomic mass is 32.2. The summed E-state index contributed by atoms with van der Waals surface area (Å²) in [5.41, 5.74) is 0.141. The number of nitrogens with zero attached hydrogens (tertiary/aromatic N) is 2. The molecule has 0 amide bonds. The van der Waals surface area contributed by atoms with E-state index in [1.165, 1.54) is 24.3 Å². The summed E-state index contributed by atoms with van der Waals surface area (Å²) in [6, 6.07) is 3.79. The number of hydrogen-bond donors (Lipinski definition) is 2. The number of carboxylic acid groups (broad SMARTS) is 1. The summed E-state index contributed by atoms with van der Waals surface area (Å²) in [4.78, 5) is 21.2. The summed E-state index contributed by atoms with van der Waals surface area (Å²) in [6.45, 7) is -0.272. The minimum atomic E-state index is -3.97. The first-order valence-electron chi connectivity index (χ1n) is 6.84. The summed E-state index contributed by atoms with van der Waals surface area (Å²) < 4.78 is 25.7. The van der Waals surface area contributed by atoms with Crippen LogP contribution in [-0.4, -0.2) is 52.5 Å². The molecule has 0 aliphatic carbocycles. The van der Waals surface area contributed by atoms with Crippen molar-refractivity contribution in [2.75, 3.05) is 6.54 Å². The molecule has 0 unspecified atom stereocenters. The number of aliphatic carboxylic acids is 1. The average molecular weight is 344 g/mol. The van der Waals surface area contributed by atoms with Crippen molar-refractivity contribution in [2.24, 2.45) is 0 Å². The van der Waals surface area contributed by atoms with Crippen molar-refractivity contribution in [2.45, 2.75) is 30.7 Å². The van der Waals surface area contributed by atoms with Gasteiger partial charge in [0.2, 0.25) is 10.0 Å². The van der Waals surface area contributed by atoms with Gasteiger partial charge in [-0.2, -0.15) is 4.31 Å². The minimum Gasteiger partial charge on any atom is -0.480 e. The van der Waals surface area contributed by atoms with Gasteiger partial charge in [-0.05, 0) is 18.4 Å². The van der Waals surface area contributed by atoms with Crippen LogP contribution in [0.3, 0.4) is 0 Å². The standard InChI is InChI=1S/C13H16N2O7S/c16-11-5-6-12(13(17)18)14(7-11)23(21,22)8-9-1-3-10(4-2-9)15(19)20/h1-4,11-12,16H,5-8H2,(H,17,18)/t11-,12-/m0/s1. The Bertz CT molecular complexity index is 702. The Morgan fingerprint density at radius 2 is 1.91 bits per heavy atom. The molecule has 10 heteroatoms. The van der Waals surface area contributed by atoms with E-state index in [4.69, 9.17) is 5.11 Å². The third-order valence-electron chi connectivity index (χ3n) is 3.65. The normalized spacial score (nSPS) is 22.7. The molecular weight excluding hydrogens is 328 g/mol. The molecule has 2 rings (SSSR count). The molecule has 1 heterocycles. The van der Waals surface area contributed by atoms with E-state index in [-0.39, 0.29) is 25.1 Å². The van der Waals surface area contributed by atoms with E-state index >= 15 is 0 Å². The number of benzene rings is 1. The van der Waals surface area contributed by atoms with E-state index in [2.05, 4.69) is 0 Å². The third-order valence-corrected chi connectivity index (χ3v) is 5.47. The molecule has 126 valence electrons. The summed E-state index contributed by atoms with van der Waals surface area (Å²) in [5.74, 6) is -1.74. The second-order valence-electron chi connectivity index (χ2n) is 5.33. The van der Waals surface area contributed by atoms with E-state index < -0.39 is 38.8 Å². The predicted octanol–water partition coefficient (Wildman–Crippen LogP) is 0.335. The van der Waals surface area contributed by atoms with Crippen LogP contribution in [0.4, 0.5) is 5.69 Å². The maximum Gasteiger partial charge on any atom is 0.322 e. The van der Waals surface area contributed by atoms with Gasteiger partial charge in [-0.15, -0.1) is 0 Å². The van der Waals surface area contributed by atoms with Crippen molar-refractivity contribution in [1.29, 1.82) is 0 Å². The molecule has 0 saturated carbocycles. The van der Waals surface area contributed by atoms with Crippen LogP contribution < -0.4 is 0 Å². The number of hydrogen-bond acceptors (Lipinski definition) is 6. The van der Waals surface area contributed by atoms with Crippen LogP contribution in [0.15, 0.2) is 24.3 Å². The van der Waals surface area contributed by atoms with Crippen molar-refractivity contribution >= 4 is 21.7 Å². The number of aliphatic hydroxyl groups is 1. The first-order chi connectivity index (χ1) is 10.7. The highest BCUT2D eigenvalue weighted by Crippen LogP contribution is 2.24. The lowest BCUT2D eigenvalue weighted by molar-refractivity contribution is -0.384. The number of nitro benzene ring substituents is 1. The zero-order chi connectivity index (χ0) is 17.2. The van der Waals surface area contributed by atoms with Crippen LogP contribution in [0.1, 0.15) is 18.4 Å². The average Bonchev–Trinajstić information content (AvgIpc) is 2.47. The van der Waals surface area contributed by atoms with Gasteiger partial charge in [-0.25, -0.2) is 8.42 Å². The van der Waals surface area contributed by atoms with E-state index in [1.807, 2.05) is 0 Å². The Hall–Kier alpha value is -2.04. The third kappa shape index (κ3) is 4.03. The number of rotatable bonds is 5. The number of β-amino-alcohol motifs (C(OH)–C–C–N with tert-alkyl or cyclic N) is 1. The molecule has 1 aromatic carbocycles. The first-order valence-corrected chi connectivity index (χ1v) is 8.45. The monoisotopic (exact) mass is 344 g/mol. The number of carboxylic acids is 1. The first kappa shape index (κ1) is 17.3. The Labute approximate surface area is 132 Å². The van der Waals surface area contributed by atoms with Crippen molar-refractivity contribution in [3.63, 3.8) is 0 Å². The molecule has 1 aliphatic heterocycles. The van der Waals surface area contributed by atoms with Gasteiger partial charge in [0.15, 0.2) is 0 Å². The van der Waals surface area contributed by atoms with Crippen LogP contribution in [0, 0.1) is 10.1 Å². The molecule has 2 N–H and O–H groups in total. The molecular formula is C13H16N2O7S. The molecule has 1 fully saturated rings. The number of nitro groups is 1. The van der Waals surface area contributed by atoms with Gasteiger partial charge >= 0.3 is 5.97 Å². The SMILES string of the molecule is O=C(O)[C@@H]1CC[C@H](O)CN1S(=O)(=O)Cc1ccc([N+](=O)[O-])cc1. The molecule has 1 aliphatic rings. The molecule has 0 radical (unpaired) electrons. The summed E-state index contributed by atoms with van der Waals surface area (Å²) in [6.07, 6.45) is -0.645. The van der Waals surface area contributed by atoms with Gasteiger partial charge in [0, 0.05) is 18.7 Å². The summed E-state index contributed by atoms with van der Waals surface area (Å²) in [7, 11) is -3.97. The maximum atomic E-state index is 12.5. The van der Waals surface area contributed by atoms with Crippen LogP contribution in [0.25, 0.3) is 0 Å². The molecule has 23 heavy (non-hydrogen) atoms. The van der Waals surface area contributed by atoms with Gasteiger partial charge in [0.25, 0.3) is 5.69 Å². The largest absolute Gasteiger partial charge is 0.480 e. The number of carbonyl (C=O) groups is 1. The van der Waals surface area contributed by atoms with Crippen molar-refractivity contribution in [1.82, 2.24) is 4.31 Å². The summed E-state index contributed by atoms with van der Waals surface area (Å²) >= 11 is 0. The van der Waals surface area contributed by atoms with Gasteiger partial charge in [-0.1, -0.05) is 12.1 Å². The minimum absolute atomic E-state index is 0.0377. The van der Waals surface area contributed by atoms with Crippen LogP contribution in [0.2, 0.25) is 0 Å². The fourth-order valence-corrected chi connectivity index (χ4v) is 4.24. The number of non-ortho nitro benzene ring substituents is 1. The Morgan fingerprint density at radius 1 is 1.30 bits per heavy atom. The molecule has 1 aromatic rings. The molecule has 0 bridgehead atoms. The Morgan fingerprint density at radius 3 is 2.43 bits per heavy atom. The van der Waals surface area contributed by atoms with Crippen molar-refractivity contribution in [3.05, 3.63) is 39.9 Å². The van der Waals surface area contributed by atoms with Gasteiger partial charge < -0.3 is 10.2 Å². The maximum absolute atomic E-state index is 12.5. The van der Waals surface area contributed by atoms with Crippen molar-refractivity contribution in [3.8, 4) is 0 Å². The highest BCUT2D eigenvalue weighted by molar-refractivity contribution is 7.88. The van der Waals surface area contributed by atoms with Crippen LogP contribution >= 0.6 is 0 Å². The van der Waals surface area contributed by atoms with E-state index in [9.17, 15) is 28.4 Å². The fourth-order valence-electron chi connectivity index (χ4n) is 2.48. The highest BCUT2D eigenvalue weighted by Gasteiger charge is 2.39. The predicted molar refractivity (Wildman–Crippen MR) is 79.1 cm³/mol. The Kier molecular flexibility index (Phi) is 4.97. The zero-order valence-corrected chi connectivity index (χ0v) is 12.8. The van der Waals surface area contributed by atoms with Crippen LogP contribution in [0.5, 0.6) is 0 Å². The molecule has 1 saturated heterocycles. The lowest BCUT2D eigenvalue weighted by Gasteiger charge is -2.34. The van der Waals surface area contributed by atoms with Gasteiger partial charge in [0.05, 0.1) is 16.8 Å². The number of aliphatic hydroxyl groups excluding tert-OH is 1. The molecule has 2 atom stereocenters. The number of piperidine rings is 1. The van der Waals surface area contributed by atoms with Gasteiger partial charge in [-0.3, -0.25) is 14.9 Å². The van der Waals surface area contributed by atoms with Crippen molar-refractivity contribution < 1.29 is 28.3 Å². The lowest BCUT2D eigenvalue weighted by atomic mass is 10.0. The van der Waals surface area contributed by atoms with E-state index in [0.29, 0.717) is 5.56 Å². The molecule has 9 nitrogen and oxygen atoms in total. The zero-order valence-electron chi connectivity index (χ0n) is 12.0. The van der Waals surface area contributed by atoms with Gasteiger partial charge in [0.1, 0.15) is 6.04 Å².